The molecule has 13 heavy (non-hydrogen) atoms. The van der Waals surface area contributed by atoms with Crippen molar-refractivity contribution in [2.75, 3.05) is 0 Å². The van der Waals surface area contributed by atoms with Crippen LogP contribution in [-0.4, -0.2) is 6.29 Å². The predicted octanol–water partition coefficient (Wildman–Crippen LogP) is 2.78. The molecule has 0 fully saturated rings. The molecule has 0 aromatic heterocycles. The van der Waals surface area contributed by atoms with Crippen LogP contribution in [0.25, 0.3) is 0 Å². The SMILES string of the molecule is CC.Cc1ccc(C)c([C-]=O)c1.[Y]. The molecule has 0 heterocycles. The molecule has 0 aliphatic rings. The van der Waals surface area contributed by atoms with Crippen LogP contribution < -0.4 is 0 Å². The molecule has 0 N–H and O–H groups in total. The number of hydrogen-bond acceptors (Lipinski definition) is 1. The molecule has 0 bridgehead atoms. The summed E-state index contributed by atoms with van der Waals surface area (Å²) in [7, 11) is 0. The van der Waals surface area contributed by atoms with E-state index in [1.54, 1.807) is 0 Å². The van der Waals surface area contributed by atoms with Gasteiger partial charge in [-0.05, 0) is 0 Å². The molecule has 0 aliphatic heterocycles. The van der Waals surface area contributed by atoms with Crippen molar-refractivity contribution in [2.45, 2.75) is 27.7 Å². The first kappa shape index (κ1) is 15.5. The molecule has 1 rings (SSSR count). The molecule has 69 valence electrons. The van der Waals surface area contributed by atoms with Crippen LogP contribution in [0.1, 0.15) is 30.5 Å². The van der Waals surface area contributed by atoms with Crippen LogP contribution >= 0.6 is 0 Å². The molecule has 0 unspecified atom stereocenters. The van der Waals surface area contributed by atoms with E-state index in [1.165, 1.54) is 0 Å². The van der Waals surface area contributed by atoms with E-state index in [-0.39, 0.29) is 32.7 Å². The Morgan fingerprint density at radius 3 is 2.08 bits per heavy atom. The molecule has 0 atom stereocenters. The summed E-state index contributed by atoms with van der Waals surface area (Å²) in [5.41, 5.74) is 2.75. The van der Waals surface area contributed by atoms with Crippen LogP contribution in [-0.2, 0) is 37.5 Å². The average molecular weight is 252 g/mol. The van der Waals surface area contributed by atoms with E-state index < -0.39 is 0 Å². The molecular weight excluding hydrogens is 237 g/mol. The van der Waals surface area contributed by atoms with Crippen LogP contribution in [0.4, 0.5) is 0 Å². The first-order chi connectivity index (χ1) is 5.74. The minimum absolute atomic E-state index is 0. The van der Waals surface area contributed by atoms with E-state index >= 15 is 0 Å². The number of benzene rings is 1. The molecule has 0 saturated carbocycles. The van der Waals surface area contributed by atoms with E-state index in [9.17, 15) is 4.79 Å². The van der Waals surface area contributed by atoms with Gasteiger partial charge < -0.3 is 4.79 Å². The summed E-state index contributed by atoms with van der Waals surface area (Å²) in [6.07, 6.45) is 1.89. The van der Waals surface area contributed by atoms with Crippen molar-refractivity contribution in [3.05, 3.63) is 34.9 Å². The Kier molecular flexibility index (Phi) is 10.2. The van der Waals surface area contributed by atoms with Crippen LogP contribution in [0.15, 0.2) is 18.2 Å². The van der Waals surface area contributed by atoms with Crippen molar-refractivity contribution in [2.24, 2.45) is 0 Å². The summed E-state index contributed by atoms with van der Waals surface area (Å²) in [4.78, 5) is 10.3. The molecule has 0 spiro atoms. The molecule has 1 aromatic carbocycles. The van der Waals surface area contributed by atoms with Crippen molar-refractivity contribution in [3.8, 4) is 0 Å². The van der Waals surface area contributed by atoms with Crippen LogP contribution in [0.5, 0.6) is 0 Å². The quantitative estimate of drug-likeness (QED) is 0.702. The van der Waals surface area contributed by atoms with Crippen molar-refractivity contribution < 1.29 is 37.5 Å². The van der Waals surface area contributed by atoms with Crippen molar-refractivity contribution in [1.29, 1.82) is 0 Å². The van der Waals surface area contributed by atoms with E-state index in [1.807, 2.05) is 52.2 Å². The Bertz CT molecular complexity index is 256. The maximum atomic E-state index is 10.3. The number of hydrogen-bond donors (Lipinski definition) is 0. The molecule has 0 aliphatic carbocycles. The summed E-state index contributed by atoms with van der Waals surface area (Å²) < 4.78 is 0. The maximum Gasteiger partial charge on any atom is 0.0629 e. The van der Waals surface area contributed by atoms with E-state index in [2.05, 4.69) is 0 Å². The zero-order chi connectivity index (χ0) is 9.56. The van der Waals surface area contributed by atoms with Gasteiger partial charge in [-0.25, -0.2) is 0 Å². The average Bonchev–Trinajstić information content (AvgIpc) is 2.13. The molecule has 0 saturated heterocycles. The first-order valence-electron chi connectivity index (χ1n) is 4.19. The predicted molar refractivity (Wildman–Crippen MR) is 52.1 cm³/mol. The monoisotopic (exact) mass is 252 g/mol. The van der Waals surface area contributed by atoms with E-state index in [0.717, 1.165) is 11.1 Å². The third-order valence-corrected chi connectivity index (χ3v) is 1.50. The van der Waals surface area contributed by atoms with Crippen LogP contribution in [0.3, 0.4) is 0 Å². The second kappa shape index (κ2) is 8.59. The Balaban J connectivity index is 0. The second-order valence-corrected chi connectivity index (χ2v) is 2.42. The fraction of sp³-hybridized carbons (Fsp3) is 0.364. The fourth-order valence-corrected chi connectivity index (χ4v) is 0.846. The standard InChI is InChI=1S/C9H9O.C2H6.Y/c1-7-3-4-8(2)9(5-7)6-10;1-2;/h3-5H,1-2H3;1-2H3;/q-1;;. The van der Waals surface area contributed by atoms with E-state index in [0.29, 0.717) is 5.56 Å². The Labute approximate surface area is 106 Å². The van der Waals surface area contributed by atoms with Gasteiger partial charge in [-0.15, -0.1) is 22.8 Å². The molecule has 0 amide bonds. The molecule has 1 nitrogen and oxygen atoms in total. The van der Waals surface area contributed by atoms with Gasteiger partial charge in [-0.1, -0.05) is 33.8 Å². The topological polar surface area (TPSA) is 17.1 Å². The number of carbonyl (C=O) groups excluding carboxylic acids is 1. The van der Waals surface area contributed by atoms with Crippen LogP contribution in [0.2, 0.25) is 0 Å². The van der Waals surface area contributed by atoms with Gasteiger partial charge in [0.2, 0.25) is 0 Å². The minimum Gasteiger partial charge on any atom is -0.376 e. The summed E-state index contributed by atoms with van der Waals surface area (Å²) in [6.45, 7) is 7.86. The Morgan fingerprint density at radius 1 is 1.15 bits per heavy atom. The second-order valence-electron chi connectivity index (χ2n) is 2.42. The normalized spacial score (nSPS) is 7.69. The summed E-state index contributed by atoms with van der Waals surface area (Å²) in [5, 5.41) is 0. The molecule has 1 aromatic rings. The third kappa shape index (κ3) is 5.33. The maximum absolute atomic E-state index is 10.3. The first-order valence-corrected chi connectivity index (χ1v) is 4.19. The van der Waals surface area contributed by atoms with Crippen molar-refractivity contribution >= 4 is 6.29 Å². The molecular formula is C11H15OY-. The number of rotatable bonds is 1. The summed E-state index contributed by atoms with van der Waals surface area (Å²) in [5.74, 6) is 0. The van der Waals surface area contributed by atoms with Gasteiger partial charge in [0.15, 0.2) is 0 Å². The minimum atomic E-state index is 0. The van der Waals surface area contributed by atoms with Gasteiger partial charge in [0.25, 0.3) is 0 Å². The molecule has 1 radical (unpaired) electrons. The van der Waals surface area contributed by atoms with Crippen molar-refractivity contribution in [3.63, 3.8) is 0 Å². The van der Waals surface area contributed by atoms with Crippen molar-refractivity contribution in [1.82, 2.24) is 0 Å². The number of aryl methyl sites for hydroxylation is 2. The largest absolute Gasteiger partial charge is 0.376 e. The zero-order valence-electron chi connectivity index (χ0n) is 8.72. The molecule has 2 heteroatoms. The summed E-state index contributed by atoms with van der Waals surface area (Å²) >= 11 is 0. The van der Waals surface area contributed by atoms with Gasteiger partial charge in [0.05, 0.1) is 6.29 Å². The van der Waals surface area contributed by atoms with Gasteiger partial charge >= 0.3 is 0 Å². The van der Waals surface area contributed by atoms with Crippen LogP contribution in [0, 0.1) is 13.8 Å². The van der Waals surface area contributed by atoms with E-state index in [4.69, 9.17) is 0 Å². The Morgan fingerprint density at radius 2 is 1.69 bits per heavy atom. The van der Waals surface area contributed by atoms with Gasteiger partial charge in [0, 0.05) is 32.7 Å². The third-order valence-electron chi connectivity index (χ3n) is 1.50. The smallest absolute Gasteiger partial charge is 0.0629 e. The van der Waals surface area contributed by atoms with Gasteiger partial charge in [0.1, 0.15) is 0 Å². The zero-order valence-corrected chi connectivity index (χ0v) is 11.6. The summed E-state index contributed by atoms with van der Waals surface area (Å²) in [6, 6.07) is 5.74. The van der Waals surface area contributed by atoms with Gasteiger partial charge in [-0.3, -0.25) is 0 Å². The van der Waals surface area contributed by atoms with Gasteiger partial charge in [-0.2, -0.15) is 6.07 Å². The Hall–Kier alpha value is -0.00610. The fourth-order valence-electron chi connectivity index (χ4n) is 0.846.